The second kappa shape index (κ2) is 4.12. The number of halogens is 1. The fourth-order valence-electron chi connectivity index (χ4n) is 0.987. The molecule has 0 aliphatic rings. The topological polar surface area (TPSA) is 58.9 Å². The van der Waals surface area contributed by atoms with Gasteiger partial charge < -0.3 is 5.11 Å². The second-order valence-corrected chi connectivity index (χ2v) is 4.28. The summed E-state index contributed by atoms with van der Waals surface area (Å²) in [6, 6.07) is 0. The molecule has 0 aliphatic carbocycles. The molecule has 0 amide bonds. The molecule has 72 valence electrons. The van der Waals surface area contributed by atoms with Crippen LogP contribution in [0, 0.1) is 0 Å². The highest BCUT2D eigenvalue weighted by molar-refractivity contribution is 9.10. The molecule has 1 unspecified atom stereocenters. The molecule has 0 bridgehead atoms. The zero-order valence-corrected chi connectivity index (χ0v) is 9.36. The summed E-state index contributed by atoms with van der Waals surface area (Å²) in [6.45, 7) is 0. The fraction of sp³-hybridized carbons (Fsp3) is 0.125. The summed E-state index contributed by atoms with van der Waals surface area (Å²) in [6.07, 6.45) is 3.83. The van der Waals surface area contributed by atoms with Crippen molar-refractivity contribution in [3.05, 3.63) is 39.3 Å². The van der Waals surface area contributed by atoms with Gasteiger partial charge in [0.2, 0.25) is 0 Å². The van der Waals surface area contributed by atoms with E-state index in [0.29, 0.717) is 10.6 Å². The fourth-order valence-corrected chi connectivity index (χ4v) is 2.26. The number of thiazole rings is 1. The number of hydrogen-bond acceptors (Lipinski definition) is 5. The Hall–Kier alpha value is -0.850. The zero-order valence-electron chi connectivity index (χ0n) is 6.96. The molecule has 0 aromatic carbocycles. The van der Waals surface area contributed by atoms with E-state index in [1.807, 2.05) is 5.38 Å². The largest absolute Gasteiger partial charge is 0.381 e. The van der Waals surface area contributed by atoms with E-state index in [0.717, 1.165) is 4.60 Å². The molecule has 1 N–H and O–H groups in total. The third kappa shape index (κ3) is 1.97. The summed E-state index contributed by atoms with van der Waals surface area (Å²) >= 11 is 4.62. The van der Waals surface area contributed by atoms with Crippen LogP contribution in [0.4, 0.5) is 0 Å². The van der Waals surface area contributed by atoms with Crippen LogP contribution in [0.2, 0.25) is 0 Å². The maximum atomic E-state index is 9.85. The molecular formula is C8H6BrN3OS. The van der Waals surface area contributed by atoms with Gasteiger partial charge in [-0.1, -0.05) is 0 Å². The molecule has 4 nitrogen and oxygen atoms in total. The standard InChI is InChI=1S/C8H6BrN3OS/c9-6-3-14-8(12-6)7(13)5-1-10-4-11-2-5/h1-4,7,13H. The minimum atomic E-state index is -0.743. The molecule has 2 aromatic rings. The lowest BCUT2D eigenvalue weighted by Gasteiger charge is -2.05. The van der Waals surface area contributed by atoms with Gasteiger partial charge in [0.25, 0.3) is 0 Å². The van der Waals surface area contributed by atoms with Crippen LogP contribution in [0.15, 0.2) is 28.7 Å². The van der Waals surface area contributed by atoms with Crippen LogP contribution in [-0.4, -0.2) is 20.1 Å². The Kier molecular flexibility index (Phi) is 2.85. The van der Waals surface area contributed by atoms with Gasteiger partial charge in [-0.05, 0) is 15.9 Å². The van der Waals surface area contributed by atoms with Gasteiger partial charge in [0.1, 0.15) is 22.0 Å². The normalized spacial score (nSPS) is 12.7. The van der Waals surface area contributed by atoms with E-state index >= 15 is 0 Å². The zero-order chi connectivity index (χ0) is 9.97. The summed E-state index contributed by atoms with van der Waals surface area (Å²) in [5, 5.41) is 12.3. The molecule has 6 heteroatoms. The first kappa shape index (κ1) is 9.70. The first-order valence-corrected chi connectivity index (χ1v) is 5.48. The molecule has 0 spiro atoms. The summed E-state index contributed by atoms with van der Waals surface area (Å²) in [5.41, 5.74) is 0.648. The van der Waals surface area contributed by atoms with Crippen LogP contribution in [0.25, 0.3) is 0 Å². The molecule has 0 saturated heterocycles. The number of hydrogen-bond donors (Lipinski definition) is 1. The van der Waals surface area contributed by atoms with Crippen molar-refractivity contribution < 1.29 is 5.11 Å². The van der Waals surface area contributed by atoms with E-state index < -0.39 is 6.10 Å². The van der Waals surface area contributed by atoms with Crippen molar-refractivity contribution in [1.29, 1.82) is 0 Å². The van der Waals surface area contributed by atoms with Gasteiger partial charge in [-0.2, -0.15) is 0 Å². The summed E-state index contributed by atoms with van der Waals surface area (Å²) in [7, 11) is 0. The molecule has 0 fully saturated rings. The van der Waals surface area contributed by atoms with E-state index in [1.165, 1.54) is 17.7 Å². The minimum absolute atomic E-state index is 0.631. The van der Waals surface area contributed by atoms with Crippen molar-refractivity contribution in [3.63, 3.8) is 0 Å². The van der Waals surface area contributed by atoms with E-state index in [9.17, 15) is 5.11 Å². The Balaban J connectivity index is 2.29. The molecule has 2 rings (SSSR count). The molecule has 0 radical (unpaired) electrons. The SMILES string of the molecule is OC(c1cncnc1)c1nc(Br)cs1. The summed E-state index contributed by atoms with van der Waals surface area (Å²) in [5.74, 6) is 0. The molecule has 14 heavy (non-hydrogen) atoms. The van der Waals surface area contributed by atoms with Gasteiger partial charge in [0, 0.05) is 23.3 Å². The molecule has 1 atom stereocenters. The Morgan fingerprint density at radius 2 is 2.07 bits per heavy atom. The van der Waals surface area contributed by atoms with Crippen LogP contribution >= 0.6 is 27.3 Å². The molecule has 2 aromatic heterocycles. The second-order valence-electron chi connectivity index (χ2n) is 2.58. The highest BCUT2D eigenvalue weighted by Crippen LogP contribution is 2.25. The number of aliphatic hydroxyl groups excluding tert-OH is 1. The summed E-state index contributed by atoms with van der Waals surface area (Å²) in [4.78, 5) is 11.8. The third-order valence-corrected chi connectivity index (χ3v) is 3.23. The van der Waals surface area contributed by atoms with Crippen molar-refractivity contribution in [2.45, 2.75) is 6.10 Å². The molecular weight excluding hydrogens is 266 g/mol. The van der Waals surface area contributed by atoms with E-state index in [4.69, 9.17) is 0 Å². The van der Waals surface area contributed by atoms with Gasteiger partial charge in [-0.15, -0.1) is 11.3 Å². The quantitative estimate of drug-likeness (QED) is 0.905. The first-order valence-electron chi connectivity index (χ1n) is 3.81. The Morgan fingerprint density at radius 1 is 1.36 bits per heavy atom. The van der Waals surface area contributed by atoms with Crippen molar-refractivity contribution >= 4 is 27.3 Å². The predicted molar refractivity (Wildman–Crippen MR) is 55.9 cm³/mol. The Morgan fingerprint density at radius 3 is 2.64 bits per heavy atom. The van der Waals surface area contributed by atoms with Gasteiger partial charge in [0.05, 0.1) is 0 Å². The highest BCUT2D eigenvalue weighted by Gasteiger charge is 2.14. The average Bonchev–Trinajstić information content (AvgIpc) is 2.65. The number of nitrogens with zero attached hydrogens (tertiary/aromatic N) is 3. The molecule has 0 saturated carbocycles. The van der Waals surface area contributed by atoms with Crippen molar-refractivity contribution in [1.82, 2.24) is 15.0 Å². The van der Waals surface area contributed by atoms with E-state index in [-0.39, 0.29) is 0 Å². The Labute approximate surface area is 92.8 Å². The first-order chi connectivity index (χ1) is 6.77. The lowest BCUT2D eigenvalue weighted by atomic mass is 10.2. The van der Waals surface area contributed by atoms with Crippen LogP contribution < -0.4 is 0 Å². The number of aliphatic hydroxyl groups is 1. The van der Waals surface area contributed by atoms with Crippen LogP contribution in [-0.2, 0) is 0 Å². The third-order valence-electron chi connectivity index (χ3n) is 1.62. The van der Waals surface area contributed by atoms with Crippen molar-refractivity contribution in [3.8, 4) is 0 Å². The van der Waals surface area contributed by atoms with Gasteiger partial charge in [-0.3, -0.25) is 0 Å². The van der Waals surface area contributed by atoms with Gasteiger partial charge in [0.15, 0.2) is 0 Å². The molecule has 2 heterocycles. The molecule has 0 aliphatic heterocycles. The van der Waals surface area contributed by atoms with E-state index in [2.05, 4.69) is 30.9 Å². The maximum absolute atomic E-state index is 9.85. The number of aromatic nitrogens is 3. The average molecular weight is 272 g/mol. The highest BCUT2D eigenvalue weighted by atomic mass is 79.9. The minimum Gasteiger partial charge on any atom is -0.381 e. The monoisotopic (exact) mass is 271 g/mol. The Bertz CT molecular complexity index is 420. The predicted octanol–water partition coefficient (Wildman–Crippen LogP) is 1.78. The van der Waals surface area contributed by atoms with Crippen LogP contribution in [0.1, 0.15) is 16.7 Å². The van der Waals surface area contributed by atoms with Gasteiger partial charge in [-0.25, -0.2) is 15.0 Å². The van der Waals surface area contributed by atoms with Crippen LogP contribution in [0.5, 0.6) is 0 Å². The van der Waals surface area contributed by atoms with E-state index in [1.54, 1.807) is 12.4 Å². The van der Waals surface area contributed by atoms with Gasteiger partial charge >= 0.3 is 0 Å². The maximum Gasteiger partial charge on any atom is 0.134 e. The van der Waals surface area contributed by atoms with Crippen LogP contribution in [0.3, 0.4) is 0 Å². The van der Waals surface area contributed by atoms with Crippen molar-refractivity contribution in [2.75, 3.05) is 0 Å². The van der Waals surface area contributed by atoms with Crippen molar-refractivity contribution in [2.24, 2.45) is 0 Å². The number of rotatable bonds is 2. The lowest BCUT2D eigenvalue weighted by molar-refractivity contribution is 0.218. The summed E-state index contributed by atoms with van der Waals surface area (Å²) < 4.78 is 0.730. The smallest absolute Gasteiger partial charge is 0.134 e. The lowest BCUT2D eigenvalue weighted by Crippen LogP contribution is -1.99.